The predicted molar refractivity (Wildman–Crippen MR) is 102 cm³/mol. The Morgan fingerprint density at radius 2 is 2.07 bits per heavy atom. The van der Waals surface area contributed by atoms with E-state index >= 15 is 0 Å². The van der Waals surface area contributed by atoms with E-state index in [0.717, 1.165) is 12.8 Å². The fraction of sp³-hybridized carbons (Fsp3) is 0.500. The van der Waals surface area contributed by atoms with Crippen molar-refractivity contribution in [1.29, 1.82) is 0 Å². The zero-order valence-corrected chi connectivity index (χ0v) is 16.2. The SMILES string of the molecule is COC(=O)CC1CCN(C(=O)[C@@H]2CC(=O)N(c3n[nH]c4cccc(F)c34)C2)CC1. The molecule has 2 fully saturated rings. The van der Waals surface area contributed by atoms with Gasteiger partial charge in [-0.25, -0.2) is 4.39 Å². The summed E-state index contributed by atoms with van der Waals surface area (Å²) in [5.74, 6) is -1.02. The van der Waals surface area contributed by atoms with Crippen molar-refractivity contribution < 1.29 is 23.5 Å². The van der Waals surface area contributed by atoms with Crippen molar-refractivity contribution in [2.75, 3.05) is 31.6 Å². The first-order valence-electron chi connectivity index (χ1n) is 9.76. The molecule has 0 radical (unpaired) electrons. The smallest absolute Gasteiger partial charge is 0.305 e. The second-order valence-corrected chi connectivity index (χ2v) is 7.66. The Balaban J connectivity index is 1.42. The van der Waals surface area contributed by atoms with Crippen LogP contribution in [0.3, 0.4) is 0 Å². The van der Waals surface area contributed by atoms with E-state index in [4.69, 9.17) is 4.74 Å². The van der Waals surface area contributed by atoms with Gasteiger partial charge in [0.2, 0.25) is 11.8 Å². The number of carbonyl (C=O) groups is 3. The molecule has 0 bridgehead atoms. The van der Waals surface area contributed by atoms with Gasteiger partial charge in [0.05, 0.1) is 23.9 Å². The Morgan fingerprint density at radius 3 is 2.79 bits per heavy atom. The number of aromatic amines is 1. The number of nitrogens with zero attached hydrogens (tertiary/aromatic N) is 3. The molecule has 2 aliphatic rings. The van der Waals surface area contributed by atoms with E-state index < -0.39 is 11.7 Å². The fourth-order valence-electron chi connectivity index (χ4n) is 4.22. The molecule has 0 aliphatic carbocycles. The molecule has 2 aliphatic heterocycles. The molecule has 29 heavy (non-hydrogen) atoms. The molecule has 3 heterocycles. The quantitative estimate of drug-likeness (QED) is 0.788. The van der Waals surface area contributed by atoms with Gasteiger partial charge in [-0.2, -0.15) is 5.10 Å². The van der Waals surface area contributed by atoms with Crippen molar-refractivity contribution in [2.45, 2.75) is 25.7 Å². The molecule has 2 aromatic rings. The molecule has 1 atom stereocenters. The molecule has 0 unspecified atom stereocenters. The summed E-state index contributed by atoms with van der Waals surface area (Å²) in [7, 11) is 1.37. The molecule has 1 aromatic carbocycles. The van der Waals surface area contributed by atoms with E-state index in [-0.39, 0.29) is 47.9 Å². The van der Waals surface area contributed by atoms with E-state index in [1.54, 1.807) is 17.0 Å². The number of rotatable bonds is 4. The predicted octanol–water partition coefficient (Wildman–Crippen LogP) is 1.86. The summed E-state index contributed by atoms with van der Waals surface area (Å²) < 4.78 is 19.0. The van der Waals surface area contributed by atoms with Gasteiger partial charge in [-0.3, -0.25) is 24.4 Å². The third-order valence-corrected chi connectivity index (χ3v) is 5.86. The largest absolute Gasteiger partial charge is 0.469 e. The minimum Gasteiger partial charge on any atom is -0.469 e. The van der Waals surface area contributed by atoms with Crippen LogP contribution in [0.4, 0.5) is 10.2 Å². The number of nitrogens with one attached hydrogen (secondary N) is 1. The Kier molecular flexibility index (Phi) is 5.21. The van der Waals surface area contributed by atoms with Gasteiger partial charge in [0.15, 0.2) is 5.82 Å². The standard InChI is InChI=1S/C20H23FN4O4/c1-29-17(27)9-12-5-7-24(8-6-12)20(28)13-10-16(26)25(11-13)19-18-14(21)3-2-4-15(18)22-23-19/h2-4,12-13H,5-11H2,1H3,(H,22,23)/t13-/m1/s1. The van der Waals surface area contributed by atoms with Gasteiger partial charge in [-0.1, -0.05) is 6.07 Å². The number of carbonyl (C=O) groups excluding carboxylic acids is 3. The molecule has 0 saturated carbocycles. The maximum Gasteiger partial charge on any atom is 0.305 e. The van der Waals surface area contributed by atoms with E-state index in [1.165, 1.54) is 18.1 Å². The van der Waals surface area contributed by atoms with Crippen LogP contribution in [0.1, 0.15) is 25.7 Å². The van der Waals surface area contributed by atoms with Crippen LogP contribution in [-0.2, 0) is 19.1 Å². The molecule has 8 nitrogen and oxygen atoms in total. The molecule has 9 heteroatoms. The van der Waals surface area contributed by atoms with E-state index in [0.29, 0.717) is 25.0 Å². The number of piperidine rings is 1. The van der Waals surface area contributed by atoms with Crippen molar-refractivity contribution in [1.82, 2.24) is 15.1 Å². The highest BCUT2D eigenvalue weighted by Gasteiger charge is 2.39. The Hall–Kier alpha value is -2.97. The summed E-state index contributed by atoms with van der Waals surface area (Å²) in [4.78, 5) is 40.1. The topological polar surface area (TPSA) is 95.6 Å². The molecule has 2 saturated heterocycles. The number of H-pyrrole nitrogens is 1. The van der Waals surface area contributed by atoms with Crippen LogP contribution < -0.4 is 4.90 Å². The second-order valence-electron chi connectivity index (χ2n) is 7.66. The van der Waals surface area contributed by atoms with Crippen molar-refractivity contribution in [3.8, 4) is 0 Å². The van der Waals surface area contributed by atoms with Crippen molar-refractivity contribution >= 4 is 34.5 Å². The van der Waals surface area contributed by atoms with Crippen LogP contribution in [-0.4, -0.2) is 59.6 Å². The number of ether oxygens (including phenoxy) is 1. The Morgan fingerprint density at radius 1 is 1.31 bits per heavy atom. The van der Waals surface area contributed by atoms with Gasteiger partial charge in [0.1, 0.15) is 5.82 Å². The van der Waals surface area contributed by atoms with Gasteiger partial charge >= 0.3 is 5.97 Å². The minimum atomic E-state index is -0.474. The van der Waals surface area contributed by atoms with Gasteiger partial charge in [-0.15, -0.1) is 0 Å². The summed E-state index contributed by atoms with van der Waals surface area (Å²) in [5, 5.41) is 7.12. The molecule has 1 N–H and O–H groups in total. The maximum absolute atomic E-state index is 14.3. The first-order chi connectivity index (χ1) is 14.0. The number of anilines is 1. The van der Waals surface area contributed by atoms with Crippen molar-refractivity contribution in [3.05, 3.63) is 24.0 Å². The number of benzene rings is 1. The molecular formula is C20H23FN4O4. The third-order valence-electron chi connectivity index (χ3n) is 5.86. The van der Waals surface area contributed by atoms with Gasteiger partial charge in [-0.05, 0) is 30.9 Å². The van der Waals surface area contributed by atoms with Gasteiger partial charge in [0, 0.05) is 32.5 Å². The Bertz CT molecular complexity index is 951. The normalized spacial score (nSPS) is 20.5. The lowest BCUT2D eigenvalue weighted by Crippen LogP contribution is -2.42. The van der Waals surface area contributed by atoms with E-state index in [1.807, 2.05) is 0 Å². The lowest BCUT2D eigenvalue weighted by atomic mass is 9.92. The molecule has 0 spiro atoms. The molecule has 4 rings (SSSR count). The summed E-state index contributed by atoms with van der Waals surface area (Å²) in [6.07, 6.45) is 1.93. The highest BCUT2D eigenvalue weighted by Crippen LogP contribution is 2.32. The number of methoxy groups -OCH3 is 1. The minimum absolute atomic E-state index is 0.0716. The van der Waals surface area contributed by atoms with Crippen molar-refractivity contribution in [3.63, 3.8) is 0 Å². The van der Waals surface area contributed by atoms with Crippen LogP contribution in [0.15, 0.2) is 18.2 Å². The molecular weight excluding hydrogens is 379 g/mol. The van der Waals surface area contributed by atoms with Gasteiger partial charge in [0.25, 0.3) is 0 Å². The summed E-state index contributed by atoms with van der Waals surface area (Å²) in [5.41, 5.74) is 0.509. The highest BCUT2D eigenvalue weighted by atomic mass is 19.1. The number of halogens is 1. The summed E-state index contributed by atoms with van der Waals surface area (Å²) in [6.45, 7) is 1.31. The van der Waals surface area contributed by atoms with Crippen LogP contribution in [0.2, 0.25) is 0 Å². The first kappa shape index (κ1) is 19.4. The highest BCUT2D eigenvalue weighted by molar-refractivity contribution is 6.05. The lowest BCUT2D eigenvalue weighted by molar-refractivity contribution is -0.142. The van der Waals surface area contributed by atoms with E-state index in [2.05, 4.69) is 10.2 Å². The number of hydrogen-bond acceptors (Lipinski definition) is 5. The number of amides is 2. The third kappa shape index (κ3) is 3.68. The first-order valence-corrected chi connectivity index (χ1v) is 9.76. The maximum atomic E-state index is 14.3. The van der Waals surface area contributed by atoms with Crippen LogP contribution >= 0.6 is 0 Å². The molecule has 1 aromatic heterocycles. The second kappa shape index (κ2) is 7.81. The number of likely N-dealkylation sites (tertiary alicyclic amines) is 1. The number of aromatic nitrogens is 2. The Labute approximate surface area is 167 Å². The zero-order chi connectivity index (χ0) is 20.5. The average Bonchev–Trinajstić information content (AvgIpc) is 3.32. The van der Waals surface area contributed by atoms with Crippen LogP contribution in [0.25, 0.3) is 10.9 Å². The zero-order valence-electron chi connectivity index (χ0n) is 16.2. The fourth-order valence-corrected chi connectivity index (χ4v) is 4.22. The molecule has 2 amide bonds. The summed E-state index contributed by atoms with van der Waals surface area (Å²) >= 11 is 0. The number of hydrogen-bond donors (Lipinski definition) is 1. The molecule has 154 valence electrons. The van der Waals surface area contributed by atoms with Crippen LogP contribution in [0, 0.1) is 17.7 Å². The lowest BCUT2D eigenvalue weighted by Gasteiger charge is -2.33. The number of fused-ring (bicyclic) bond motifs is 1. The van der Waals surface area contributed by atoms with Crippen molar-refractivity contribution in [2.24, 2.45) is 11.8 Å². The number of esters is 1. The summed E-state index contributed by atoms with van der Waals surface area (Å²) in [6, 6.07) is 4.58. The van der Waals surface area contributed by atoms with Crippen LogP contribution in [0.5, 0.6) is 0 Å². The van der Waals surface area contributed by atoms with E-state index in [9.17, 15) is 18.8 Å². The monoisotopic (exact) mass is 402 g/mol. The average molecular weight is 402 g/mol. The van der Waals surface area contributed by atoms with Gasteiger partial charge < -0.3 is 9.64 Å².